The fourth-order valence-corrected chi connectivity index (χ4v) is 2.81. The molecule has 24 heavy (non-hydrogen) atoms. The number of nitrogens with zero attached hydrogens (tertiary/aromatic N) is 3. The lowest BCUT2D eigenvalue weighted by molar-refractivity contribution is 0.386. The maximum Gasteiger partial charge on any atom is 0.356 e. The Morgan fingerprint density at radius 2 is 1.92 bits per heavy atom. The monoisotopic (exact) mass is 355 g/mol. The van der Waals surface area contributed by atoms with E-state index in [1.54, 1.807) is 12.1 Å². The quantitative estimate of drug-likeness (QED) is 0.690. The molecule has 2 heterocycles. The first-order valence-corrected chi connectivity index (χ1v) is 8.30. The lowest BCUT2D eigenvalue weighted by Gasteiger charge is -2.10. The van der Waals surface area contributed by atoms with Gasteiger partial charge in [-0.2, -0.15) is 4.98 Å². The van der Waals surface area contributed by atoms with Gasteiger partial charge in [-0.05, 0) is 18.2 Å². The molecular formula is C14H12F2N3O4P. The third-order valence-electron chi connectivity index (χ3n) is 3.46. The van der Waals surface area contributed by atoms with Crippen LogP contribution in [0.5, 0.6) is 5.88 Å². The van der Waals surface area contributed by atoms with Gasteiger partial charge < -0.3 is 19.1 Å². The van der Waals surface area contributed by atoms with Crippen molar-refractivity contribution in [1.29, 1.82) is 0 Å². The molecule has 3 rings (SSSR count). The number of methoxy groups -OCH3 is 1. The summed E-state index contributed by atoms with van der Waals surface area (Å²) in [6.45, 7) is -0.205. The molecule has 0 saturated heterocycles. The molecule has 10 heteroatoms. The summed E-state index contributed by atoms with van der Waals surface area (Å²) in [5.41, 5.74) is 0.554. The number of imidazole rings is 1. The molecule has 0 radical (unpaired) electrons. The predicted octanol–water partition coefficient (Wildman–Crippen LogP) is 1.57. The lowest BCUT2D eigenvalue weighted by atomic mass is 10.2. The van der Waals surface area contributed by atoms with Crippen LogP contribution in [0.15, 0.2) is 30.6 Å². The topological polar surface area (TPSA) is 97.5 Å². The minimum Gasteiger partial charge on any atom is -0.481 e. The van der Waals surface area contributed by atoms with Crippen LogP contribution in [0.3, 0.4) is 0 Å². The number of pyridine rings is 1. The van der Waals surface area contributed by atoms with E-state index in [4.69, 9.17) is 14.5 Å². The van der Waals surface area contributed by atoms with Gasteiger partial charge in [0.15, 0.2) is 5.65 Å². The van der Waals surface area contributed by atoms with Gasteiger partial charge in [0, 0.05) is 11.6 Å². The van der Waals surface area contributed by atoms with Crippen molar-refractivity contribution >= 4 is 24.1 Å². The normalized spacial score (nSPS) is 11.9. The van der Waals surface area contributed by atoms with E-state index >= 15 is 0 Å². The zero-order valence-corrected chi connectivity index (χ0v) is 13.2. The number of hydrogen-bond donors (Lipinski definition) is 2. The Morgan fingerprint density at radius 3 is 2.50 bits per heavy atom. The molecule has 126 valence electrons. The van der Waals surface area contributed by atoms with Crippen LogP contribution in [0.1, 0.15) is 5.56 Å². The van der Waals surface area contributed by atoms with Crippen LogP contribution < -0.4 is 10.0 Å². The van der Waals surface area contributed by atoms with Gasteiger partial charge in [-0.3, -0.25) is 4.57 Å². The molecule has 0 saturated carbocycles. The largest absolute Gasteiger partial charge is 0.481 e. The van der Waals surface area contributed by atoms with Gasteiger partial charge in [-0.25, -0.2) is 13.8 Å². The van der Waals surface area contributed by atoms with Crippen molar-refractivity contribution in [2.75, 3.05) is 7.11 Å². The van der Waals surface area contributed by atoms with Gasteiger partial charge in [0.05, 0.1) is 30.8 Å². The number of fused-ring (bicyclic) bond motifs is 1. The van der Waals surface area contributed by atoms with Crippen molar-refractivity contribution in [2.45, 2.75) is 6.54 Å². The minimum atomic E-state index is -4.73. The zero-order valence-electron chi connectivity index (χ0n) is 12.3. The Morgan fingerprint density at radius 1 is 1.25 bits per heavy atom. The van der Waals surface area contributed by atoms with Gasteiger partial charge >= 0.3 is 7.60 Å². The molecule has 0 aliphatic rings. The number of hydrogen-bond acceptors (Lipinski definition) is 4. The number of aromatic nitrogens is 3. The molecule has 0 aliphatic carbocycles. The third-order valence-corrected chi connectivity index (χ3v) is 4.39. The first kappa shape index (κ1) is 16.5. The molecule has 1 aromatic carbocycles. The summed E-state index contributed by atoms with van der Waals surface area (Å²) in [6.07, 6.45) is 1.37. The fourth-order valence-electron chi connectivity index (χ4n) is 2.25. The van der Waals surface area contributed by atoms with Crippen LogP contribution in [0, 0.1) is 11.6 Å². The van der Waals surface area contributed by atoms with Crippen molar-refractivity contribution in [3.8, 4) is 5.88 Å². The van der Waals surface area contributed by atoms with Gasteiger partial charge in [0.25, 0.3) is 0 Å². The van der Waals surface area contributed by atoms with Crippen LogP contribution in [0.2, 0.25) is 0 Å². The number of ether oxygens (including phenoxy) is 1. The molecule has 0 fully saturated rings. The minimum absolute atomic E-state index is 0.205. The Hall–Kier alpha value is -2.35. The Bertz CT molecular complexity index is 947. The van der Waals surface area contributed by atoms with E-state index in [9.17, 15) is 13.3 Å². The predicted molar refractivity (Wildman–Crippen MR) is 81.2 cm³/mol. The highest BCUT2D eigenvalue weighted by atomic mass is 31.2. The van der Waals surface area contributed by atoms with Crippen LogP contribution in [0.4, 0.5) is 8.78 Å². The number of halogens is 2. The summed E-state index contributed by atoms with van der Waals surface area (Å²) in [5.74, 6) is -1.73. The van der Waals surface area contributed by atoms with Crippen LogP contribution in [-0.2, 0) is 11.1 Å². The fraction of sp³-hybridized carbons (Fsp3) is 0.143. The second kappa shape index (κ2) is 5.94. The van der Waals surface area contributed by atoms with Crippen molar-refractivity contribution in [3.63, 3.8) is 0 Å². The molecule has 0 atom stereocenters. The summed E-state index contributed by atoms with van der Waals surface area (Å²) < 4.78 is 45.8. The molecule has 2 N–H and O–H groups in total. The van der Waals surface area contributed by atoms with Crippen LogP contribution >= 0.6 is 7.60 Å². The second-order valence-electron chi connectivity index (χ2n) is 5.00. The van der Waals surface area contributed by atoms with E-state index in [2.05, 4.69) is 9.97 Å². The summed E-state index contributed by atoms with van der Waals surface area (Å²) in [6, 6.07) is 4.51. The van der Waals surface area contributed by atoms with E-state index in [-0.39, 0.29) is 12.1 Å². The molecule has 2 aromatic heterocycles. The third kappa shape index (κ3) is 3.01. The average Bonchev–Trinajstić information content (AvgIpc) is 2.91. The van der Waals surface area contributed by atoms with Crippen molar-refractivity contribution < 1.29 is 27.9 Å². The summed E-state index contributed by atoms with van der Waals surface area (Å²) >= 11 is 0. The van der Waals surface area contributed by atoms with Gasteiger partial charge in [0.2, 0.25) is 5.88 Å². The summed E-state index contributed by atoms with van der Waals surface area (Å²) in [4.78, 5) is 26.2. The molecule has 0 bridgehead atoms. The molecule has 0 unspecified atom stereocenters. The molecule has 0 aliphatic heterocycles. The van der Waals surface area contributed by atoms with Gasteiger partial charge in [-0.15, -0.1) is 0 Å². The van der Waals surface area contributed by atoms with E-state index in [1.807, 2.05) is 0 Å². The van der Waals surface area contributed by atoms with E-state index in [0.717, 1.165) is 0 Å². The molecule has 3 aromatic rings. The molecule has 7 nitrogen and oxygen atoms in total. The maximum atomic E-state index is 14.1. The Kier molecular flexibility index (Phi) is 4.08. The van der Waals surface area contributed by atoms with Gasteiger partial charge in [-0.1, -0.05) is 0 Å². The summed E-state index contributed by atoms with van der Waals surface area (Å²) in [5, 5.41) is -0.705. The highest BCUT2D eigenvalue weighted by Gasteiger charge is 2.22. The van der Waals surface area contributed by atoms with E-state index in [1.165, 1.54) is 18.0 Å². The smallest absolute Gasteiger partial charge is 0.356 e. The van der Waals surface area contributed by atoms with Gasteiger partial charge in [0.1, 0.15) is 11.6 Å². The second-order valence-corrected chi connectivity index (χ2v) is 6.61. The number of benzene rings is 1. The van der Waals surface area contributed by atoms with Crippen molar-refractivity contribution in [1.82, 2.24) is 14.5 Å². The van der Waals surface area contributed by atoms with E-state index < -0.39 is 24.5 Å². The molecular weight excluding hydrogens is 343 g/mol. The first-order valence-electron chi connectivity index (χ1n) is 6.69. The lowest BCUT2D eigenvalue weighted by Crippen LogP contribution is -2.11. The molecule has 0 spiro atoms. The molecule has 0 amide bonds. The summed E-state index contributed by atoms with van der Waals surface area (Å²) in [7, 11) is -3.28. The first-order chi connectivity index (χ1) is 11.3. The van der Waals surface area contributed by atoms with Crippen LogP contribution in [0.25, 0.3) is 11.2 Å². The van der Waals surface area contributed by atoms with Crippen molar-refractivity contribution in [2.24, 2.45) is 0 Å². The Labute approximate surface area is 134 Å². The maximum absolute atomic E-state index is 14.1. The van der Waals surface area contributed by atoms with Crippen LogP contribution in [-0.4, -0.2) is 31.4 Å². The standard InChI is InChI=1S/C14H12F2N3O4P/c1-23-13-3-2-12-14(18-13)17-7-19(12)6-9-10(15)4-8(5-11(9)16)24(20,21)22/h2-5,7H,6H2,1H3,(H2,20,21,22). The van der Waals surface area contributed by atoms with Crippen molar-refractivity contribution in [3.05, 3.63) is 47.8 Å². The SMILES string of the molecule is COc1ccc2c(ncn2Cc2c(F)cc(P(=O)(O)O)cc2F)n1. The number of rotatable bonds is 4. The highest BCUT2D eigenvalue weighted by Crippen LogP contribution is 2.34. The van der Waals surface area contributed by atoms with E-state index in [0.29, 0.717) is 29.2 Å². The average molecular weight is 355 g/mol. The highest BCUT2D eigenvalue weighted by molar-refractivity contribution is 7.60. The zero-order chi connectivity index (χ0) is 17.5. The Balaban J connectivity index is 2.01.